The van der Waals surface area contributed by atoms with E-state index >= 15 is 0 Å². The number of benzene rings is 1. The van der Waals surface area contributed by atoms with Gasteiger partial charge in [-0.05, 0) is 43.6 Å². The molecule has 1 aromatic carbocycles. The lowest BCUT2D eigenvalue weighted by molar-refractivity contribution is 0.0928. The fourth-order valence-electron chi connectivity index (χ4n) is 3.28. The van der Waals surface area contributed by atoms with E-state index in [1.165, 1.54) is 25.7 Å². The van der Waals surface area contributed by atoms with E-state index < -0.39 is 0 Å². The normalized spacial score (nSPS) is 18.7. The van der Waals surface area contributed by atoms with Crippen LogP contribution in [0.3, 0.4) is 0 Å². The van der Waals surface area contributed by atoms with Crippen LogP contribution in [0.4, 0.5) is 0 Å². The molecule has 0 atom stereocenters. The molecule has 0 radical (unpaired) electrons. The van der Waals surface area contributed by atoms with E-state index in [4.69, 9.17) is 0 Å². The van der Waals surface area contributed by atoms with Crippen molar-refractivity contribution in [1.82, 2.24) is 9.88 Å². The zero-order valence-electron chi connectivity index (χ0n) is 11.8. The molecule has 104 valence electrons. The van der Waals surface area contributed by atoms with Gasteiger partial charge in [0.15, 0.2) is 0 Å². The number of rotatable bonds is 4. The molecule has 0 saturated heterocycles. The summed E-state index contributed by atoms with van der Waals surface area (Å²) in [5.41, 5.74) is 1.93. The molecule has 3 nitrogen and oxygen atoms in total. The van der Waals surface area contributed by atoms with Gasteiger partial charge in [0.25, 0.3) is 5.91 Å². The number of nitrogens with one attached hydrogen (secondary N) is 1. The van der Waals surface area contributed by atoms with Crippen LogP contribution >= 0.6 is 0 Å². The molecule has 2 aliphatic carbocycles. The van der Waals surface area contributed by atoms with E-state index in [-0.39, 0.29) is 5.91 Å². The van der Waals surface area contributed by atoms with E-state index in [1.807, 2.05) is 36.0 Å². The van der Waals surface area contributed by atoms with Gasteiger partial charge in [0, 0.05) is 30.2 Å². The number of aromatic nitrogens is 1. The van der Waals surface area contributed by atoms with Crippen LogP contribution in [0.25, 0.3) is 10.9 Å². The number of hydrogen-bond acceptors (Lipinski definition) is 1. The molecule has 1 amide bonds. The molecular formula is C17H20N2O. The summed E-state index contributed by atoms with van der Waals surface area (Å²) < 4.78 is 2.04. The summed E-state index contributed by atoms with van der Waals surface area (Å²) in [6.07, 6.45) is 7.11. The second-order valence-corrected chi connectivity index (χ2v) is 6.34. The minimum atomic E-state index is 0.102. The zero-order chi connectivity index (χ0) is 13.7. The van der Waals surface area contributed by atoms with Gasteiger partial charge >= 0.3 is 0 Å². The molecule has 0 aliphatic heterocycles. The highest BCUT2D eigenvalue weighted by molar-refractivity contribution is 6.07. The SMILES string of the molecule is Cn1cc(C(=O)NC(C2CC2)C2CC2)c2ccccc21. The number of carbonyl (C=O) groups is 1. The molecule has 20 heavy (non-hydrogen) atoms. The summed E-state index contributed by atoms with van der Waals surface area (Å²) in [6, 6.07) is 8.53. The first-order valence-corrected chi connectivity index (χ1v) is 7.59. The Hall–Kier alpha value is -1.77. The largest absolute Gasteiger partial charge is 0.350 e. The van der Waals surface area contributed by atoms with Crippen LogP contribution in [-0.4, -0.2) is 16.5 Å². The van der Waals surface area contributed by atoms with Gasteiger partial charge in [-0.15, -0.1) is 0 Å². The van der Waals surface area contributed by atoms with E-state index in [1.54, 1.807) is 0 Å². The molecule has 1 heterocycles. The molecule has 0 spiro atoms. The first-order valence-electron chi connectivity index (χ1n) is 7.59. The second kappa shape index (κ2) is 4.37. The van der Waals surface area contributed by atoms with Crippen molar-refractivity contribution in [3.05, 3.63) is 36.0 Å². The molecule has 2 fully saturated rings. The number of nitrogens with zero attached hydrogens (tertiary/aromatic N) is 1. The lowest BCUT2D eigenvalue weighted by Crippen LogP contribution is -2.38. The molecule has 2 aliphatic rings. The second-order valence-electron chi connectivity index (χ2n) is 6.34. The van der Waals surface area contributed by atoms with E-state index in [9.17, 15) is 4.79 Å². The monoisotopic (exact) mass is 268 g/mol. The van der Waals surface area contributed by atoms with Crippen molar-refractivity contribution >= 4 is 16.8 Å². The molecule has 0 bridgehead atoms. The minimum absolute atomic E-state index is 0.102. The maximum Gasteiger partial charge on any atom is 0.253 e. The smallest absolute Gasteiger partial charge is 0.253 e. The zero-order valence-corrected chi connectivity index (χ0v) is 11.8. The van der Waals surface area contributed by atoms with E-state index in [2.05, 4.69) is 11.4 Å². The van der Waals surface area contributed by atoms with Crippen molar-refractivity contribution in [3.63, 3.8) is 0 Å². The molecule has 2 saturated carbocycles. The van der Waals surface area contributed by atoms with Gasteiger partial charge in [0.05, 0.1) is 5.56 Å². The lowest BCUT2D eigenvalue weighted by Gasteiger charge is -2.17. The predicted octanol–water partition coefficient (Wildman–Crippen LogP) is 3.10. The Balaban J connectivity index is 1.63. The summed E-state index contributed by atoms with van der Waals surface area (Å²) in [5, 5.41) is 4.36. The molecule has 1 N–H and O–H groups in total. The quantitative estimate of drug-likeness (QED) is 0.908. The Bertz CT molecular complexity index is 653. The van der Waals surface area contributed by atoms with Crippen LogP contribution < -0.4 is 5.32 Å². The van der Waals surface area contributed by atoms with Crippen LogP contribution in [0.1, 0.15) is 36.0 Å². The molecule has 0 unspecified atom stereocenters. The fraction of sp³-hybridized carbons (Fsp3) is 0.471. The molecule has 4 rings (SSSR count). The first-order chi connectivity index (χ1) is 9.74. The summed E-state index contributed by atoms with van der Waals surface area (Å²) in [7, 11) is 2.00. The lowest BCUT2D eigenvalue weighted by atomic mass is 10.1. The Morgan fingerprint density at radius 2 is 1.85 bits per heavy atom. The van der Waals surface area contributed by atoms with E-state index in [0.717, 1.165) is 28.3 Å². The minimum Gasteiger partial charge on any atom is -0.350 e. The van der Waals surface area contributed by atoms with Gasteiger partial charge in [-0.3, -0.25) is 4.79 Å². The maximum absolute atomic E-state index is 12.6. The standard InChI is InChI=1S/C17H20N2O/c1-19-10-14(13-4-2-3-5-15(13)19)17(20)18-16(11-6-7-11)12-8-9-12/h2-5,10-12,16H,6-9H2,1H3,(H,18,20). The highest BCUT2D eigenvalue weighted by Crippen LogP contribution is 2.44. The Morgan fingerprint density at radius 1 is 1.20 bits per heavy atom. The summed E-state index contributed by atoms with van der Waals surface area (Å²) >= 11 is 0. The highest BCUT2D eigenvalue weighted by Gasteiger charge is 2.42. The van der Waals surface area contributed by atoms with Gasteiger partial charge in [0.1, 0.15) is 0 Å². The molecule has 3 heteroatoms. The Morgan fingerprint density at radius 3 is 2.50 bits per heavy atom. The van der Waals surface area contributed by atoms with Gasteiger partial charge in [-0.25, -0.2) is 0 Å². The Kier molecular flexibility index (Phi) is 2.62. The summed E-state index contributed by atoms with van der Waals surface area (Å²) in [5.74, 6) is 1.58. The molecular weight excluding hydrogens is 248 g/mol. The number of aryl methyl sites for hydroxylation is 1. The third-order valence-electron chi connectivity index (χ3n) is 4.70. The summed E-state index contributed by atoms with van der Waals surface area (Å²) in [6.45, 7) is 0. The first kappa shape index (κ1) is 12.0. The average Bonchev–Trinajstić information content (AvgIpc) is 3.35. The van der Waals surface area contributed by atoms with Crippen LogP contribution in [0, 0.1) is 11.8 Å². The average molecular weight is 268 g/mol. The van der Waals surface area contributed by atoms with Crippen molar-refractivity contribution < 1.29 is 4.79 Å². The van der Waals surface area contributed by atoms with Gasteiger partial charge in [-0.2, -0.15) is 0 Å². The van der Waals surface area contributed by atoms with Crippen LogP contribution in [-0.2, 0) is 7.05 Å². The Labute approximate surface area is 119 Å². The van der Waals surface area contributed by atoms with Crippen LogP contribution in [0.5, 0.6) is 0 Å². The van der Waals surface area contributed by atoms with Crippen molar-refractivity contribution in [3.8, 4) is 0 Å². The van der Waals surface area contributed by atoms with Crippen LogP contribution in [0.15, 0.2) is 30.5 Å². The highest BCUT2D eigenvalue weighted by atomic mass is 16.1. The summed E-state index contributed by atoms with van der Waals surface area (Å²) in [4.78, 5) is 12.6. The fourth-order valence-corrected chi connectivity index (χ4v) is 3.28. The molecule has 2 aromatic rings. The van der Waals surface area contributed by atoms with Gasteiger partial charge in [0.2, 0.25) is 0 Å². The maximum atomic E-state index is 12.6. The third kappa shape index (κ3) is 2.01. The van der Waals surface area contributed by atoms with Crippen molar-refractivity contribution in [2.75, 3.05) is 0 Å². The van der Waals surface area contributed by atoms with Crippen molar-refractivity contribution in [2.24, 2.45) is 18.9 Å². The van der Waals surface area contributed by atoms with Crippen molar-refractivity contribution in [2.45, 2.75) is 31.7 Å². The van der Waals surface area contributed by atoms with Crippen LogP contribution in [0.2, 0.25) is 0 Å². The van der Waals surface area contributed by atoms with E-state index in [0.29, 0.717) is 6.04 Å². The van der Waals surface area contributed by atoms with Gasteiger partial charge < -0.3 is 9.88 Å². The number of amides is 1. The van der Waals surface area contributed by atoms with Crippen molar-refractivity contribution in [1.29, 1.82) is 0 Å². The topological polar surface area (TPSA) is 34.0 Å². The number of fused-ring (bicyclic) bond motifs is 1. The number of para-hydroxylation sites is 1. The van der Waals surface area contributed by atoms with Gasteiger partial charge in [-0.1, -0.05) is 18.2 Å². The molecule has 1 aromatic heterocycles. The number of carbonyl (C=O) groups excluding carboxylic acids is 1. The third-order valence-corrected chi connectivity index (χ3v) is 4.70. The number of hydrogen-bond donors (Lipinski definition) is 1. The predicted molar refractivity (Wildman–Crippen MR) is 79.6 cm³/mol.